The minimum absolute atomic E-state index is 0.0682. The van der Waals surface area contributed by atoms with Crippen LogP contribution in [0.2, 0.25) is 5.02 Å². The molecular weight excluding hydrogens is 546 g/mol. The van der Waals surface area contributed by atoms with Crippen molar-refractivity contribution >= 4 is 54.4 Å². The Labute approximate surface area is 216 Å². The molecule has 2 aliphatic carbocycles. The number of hydrogen-bond donors (Lipinski definition) is 2. The van der Waals surface area contributed by atoms with Gasteiger partial charge in [-0.3, -0.25) is 9.59 Å². The van der Waals surface area contributed by atoms with Crippen LogP contribution in [0.15, 0.2) is 44.3 Å². The van der Waals surface area contributed by atoms with Crippen LogP contribution in [0.3, 0.4) is 0 Å². The van der Waals surface area contributed by atoms with Crippen LogP contribution in [0, 0.1) is 11.3 Å². The fourth-order valence-corrected chi connectivity index (χ4v) is 8.08. The highest BCUT2D eigenvalue weighted by molar-refractivity contribution is 7.93. The highest BCUT2D eigenvalue weighted by Gasteiger charge is 2.54. The van der Waals surface area contributed by atoms with Crippen molar-refractivity contribution in [1.82, 2.24) is 15.0 Å². The predicted octanol–water partition coefficient (Wildman–Crippen LogP) is 2.38. The topological polar surface area (TPSA) is 166 Å². The maximum absolute atomic E-state index is 12.6. The number of rotatable bonds is 6. The van der Waals surface area contributed by atoms with Crippen molar-refractivity contribution in [3.8, 4) is 0 Å². The van der Waals surface area contributed by atoms with E-state index in [9.17, 15) is 26.4 Å². The van der Waals surface area contributed by atoms with E-state index >= 15 is 0 Å². The normalized spacial score (nSPS) is 26.7. The standard InChI is InChI=1S/C23H22ClN3O8S2/c24-14-1-2-17-16(5-14)26-22(35-17)12-6-23(7-12)8-15(9-23)25-21(29)18-3-4-19(34-18)37(32,33)27-20(28)13-10-36(30,31)11-13/h1-5,12-13,15H,6-11H2,(H,25,29)(H,27,28). The summed E-state index contributed by atoms with van der Waals surface area (Å²) >= 11 is 6.02. The fraction of sp³-hybridized carbons (Fsp3) is 0.435. The average molecular weight is 568 g/mol. The minimum atomic E-state index is -4.37. The van der Waals surface area contributed by atoms with Crippen LogP contribution in [0.4, 0.5) is 0 Å². The second-order valence-electron chi connectivity index (χ2n) is 10.2. The summed E-state index contributed by atoms with van der Waals surface area (Å²) in [7, 11) is -7.66. The average Bonchev–Trinajstić information content (AvgIpc) is 3.39. The van der Waals surface area contributed by atoms with E-state index in [1.165, 1.54) is 6.07 Å². The first-order valence-electron chi connectivity index (χ1n) is 11.6. The molecule has 2 N–H and O–H groups in total. The lowest BCUT2D eigenvalue weighted by Gasteiger charge is -2.57. The Balaban J connectivity index is 1.00. The Morgan fingerprint density at radius 2 is 1.78 bits per heavy atom. The smallest absolute Gasteiger partial charge is 0.297 e. The zero-order chi connectivity index (χ0) is 26.2. The monoisotopic (exact) mass is 567 g/mol. The lowest BCUT2D eigenvalue weighted by Crippen LogP contribution is -2.55. The summed E-state index contributed by atoms with van der Waals surface area (Å²) in [4.78, 5) is 29.2. The number of furan rings is 1. The number of fused-ring (bicyclic) bond motifs is 1. The van der Waals surface area contributed by atoms with E-state index in [4.69, 9.17) is 20.4 Å². The second kappa shape index (κ2) is 8.30. The second-order valence-corrected chi connectivity index (χ2v) is 14.4. The minimum Gasteiger partial charge on any atom is -0.440 e. The quantitative estimate of drug-likeness (QED) is 0.454. The highest BCUT2D eigenvalue weighted by atomic mass is 35.5. The van der Waals surface area contributed by atoms with Gasteiger partial charge in [-0.05, 0) is 61.4 Å². The molecule has 1 spiro atoms. The molecule has 3 fully saturated rings. The van der Waals surface area contributed by atoms with E-state index < -0.39 is 54.2 Å². The van der Waals surface area contributed by atoms with Gasteiger partial charge in [0.1, 0.15) is 5.52 Å². The number of carbonyl (C=O) groups excluding carboxylic acids is 2. The van der Waals surface area contributed by atoms with Gasteiger partial charge in [-0.2, -0.15) is 8.42 Å². The molecule has 2 aromatic heterocycles. The van der Waals surface area contributed by atoms with Crippen LogP contribution in [-0.2, 0) is 24.7 Å². The van der Waals surface area contributed by atoms with Crippen molar-refractivity contribution in [2.75, 3.05) is 11.5 Å². The molecule has 3 heterocycles. The van der Waals surface area contributed by atoms with Gasteiger partial charge in [0.15, 0.2) is 27.1 Å². The van der Waals surface area contributed by atoms with E-state index in [1.54, 1.807) is 22.9 Å². The summed E-state index contributed by atoms with van der Waals surface area (Å²) < 4.78 is 60.1. The van der Waals surface area contributed by atoms with E-state index in [0.717, 1.165) is 37.3 Å². The summed E-state index contributed by atoms with van der Waals surface area (Å²) in [5, 5.41) is 2.86. The van der Waals surface area contributed by atoms with Gasteiger partial charge >= 0.3 is 0 Å². The van der Waals surface area contributed by atoms with Gasteiger partial charge in [0.05, 0.1) is 17.4 Å². The first-order valence-corrected chi connectivity index (χ1v) is 15.3. The summed E-state index contributed by atoms with van der Waals surface area (Å²) in [6.45, 7) is 0. The van der Waals surface area contributed by atoms with Crippen LogP contribution in [0.1, 0.15) is 48.0 Å². The number of carbonyl (C=O) groups is 2. The van der Waals surface area contributed by atoms with E-state index in [-0.39, 0.29) is 23.1 Å². The number of sulfone groups is 1. The van der Waals surface area contributed by atoms with Gasteiger partial charge in [0.25, 0.3) is 15.9 Å². The lowest BCUT2D eigenvalue weighted by molar-refractivity contribution is -0.122. The third-order valence-corrected chi connectivity index (χ3v) is 10.6. The molecular formula is C23H22ClN3O8S2. The number of oxazole rings is 1. The highest BCUT2D eigenvalue weighted by Crippen LogP contribution is 2.61. The Hall–Kier alpha value is -2.90. The molecule has 2 saturated carbocycles. The SMILES string of the molecule is O=C(NC1CC2(C1)CC(c1nc3cc(Cl)ccc3o1)C2)c1ccc(S(=O)(=O)NC(=O)C2CS(=O)(=O)C2)o1. The molecule has 1 aliphatic heterocycles. The molecule has 14 heteroatoms. The zero-order valence-corrected chi connectivity index (χ0v) is 21.7. The van der Waals surface area contributed by atoms with Crippen LogP contribution >= 0.6 is 11.6 Å². The summed E-state index contributed by atoms with van der Waals surface area (Å²) in [6, 6.07) is 7.56. The van der Waals surface area contributed by atoms with E-state index in [0.29, 0.717) is 16.5 Å². The molecule has 11 nitrogen and oxygen atoms in total. The summed E-state index contributed by atoms with van der Waals surface area (Å²) in [5.74, 6) is -2.46. The number of nitrogens with zero attached hydrogens (tertiary/aromatic N) is 1. The first kappa shape index (κ1) is 24.4. The molecule has 196 valence electrons. The summed E-state index contributed by atoms with van der Waals surface area (Å²) in [6.07, 6.45) is 3.39. The molecule has 6 rings (SSSR count). The molecule has 0 unspecified atom stereocenters. The number of amides is 2. The summed E-state index contributed by atoms with van der Waals surface area (Å²) in [5.41, 5.74) is 1.56. The molecule has 1 aromatic carbocycles. The van der Waals surface area contributed by atoms with Crippen molar-refractivity contribution in [1.29, 1.82) is 0 Å². The van der Waals surface area contributed by atoms with Gasteiger partial charge in [0, 0.05) is 17.0 Å². The van der Waals surface area contributed by atoms with Crippen LogP contribution < -0.4 is 10.0 Å². The van der Waals surface area contributed by atoms with Gasteiger partial charge in [-0.15, -0.1) is 0 Å². The zero-order valence-electron chi connectivity index (χ0n) is 19.3. The van der Waals surface area contributed by atoms with Crippen molar-refractivity contribution in [3.05, 3.63) is 47.0 Å². The van der Waals surface area contributed by atoms with Crippen molar-refractivity contribution in [2.24, 2.45) is 11.3 Å². The lowest BCUT2D eigenvalue weighted by atomic mass is 9.50. The predicted molar refractivity (Wildman–Crippen MR) is 130 cm³/mol. The maximum atomic E-state index is 12.6. The number of benzene rings is 1. The van der Waals surface area contributed by atoms with Crippen LogP contribution in [0.5, 0.6) is 0 Å². The molecule has 3 aromatic rings. The molecule has 3 aliphatic rings. The number of hydrogen-bond acceptors (Lipinski definition) is 9. The van der Waals surface area contributed by atoms with E-state index in [1.807, 2.05) is 0 Å². The van der Waals surface area contributed by atoms with Gasteiger partial charge in [0.2, 0.25) is 11.0 Å². The Kier molecular flexibility index (Phi) is 5.48. The molecule has 0 atom stereocenters. The van der Waals surface area contributed by atoms with Crippen molar-refractivity contribution < 1.29 is 35.3 Å². The van der Waals surface area contributed by atoms with E-state index in [2.05, 4.69) is 10.3 Å². The Morgan fingerprint density at radius 3 is 2.49 bits per heavy atom. The molecule has 2 amide bonds. The number of aromatic nitrogens is 1. The molecule has 0 radical (unpaired) electrons. The Morgan fingerprint density at radius 1 is 1.05 bits per heavy atom. The third-order valence-electron chi connectivity index (χ3n) is 7.35. The Bertz CT molecular complexity index is 1630. The van der Waals surface area contributed by atoms with Gasteiger partial charge in [-0.1, -0.05) is 11.6 Å². The third kappa shape index (κ3) is 4.53. The molecule has 1 saturated heterocycles. The van der Waals surface area contributed by atoms with Crippen molar-refractivity contribution in [3.63, 3.8) is 0 Å². The molecule has 0 bridgehead atoms. The van der Waals surface area contributed by atoms with Crippen LogP contribution in [-0.4, -0.2) is 51.2 Å². The maximum Gasteiger partial charge on any atom is 0.297 e. The number of halogens is 1. The first-order chi connectivity index (χ1) is 17.4. The van der Waals surface area contributed by atoms with Gasteiger partial charge < -0.3 is 14.2 Å². The van der Waals surface area contributed by atoms with Gasteiger partial charge in [-0.25, -0.2) is 18.1 Å². The largest absolute Gasteiger partial charge is 0.440 e. The fourth-order valence-electron chi connectivity index (χ4n) is 5.50. The van der Waals surface area contributed by atoms with Crippen molar-refractivity contribution in [2.45, 2.75) is 42.7 Å². The number of sulfonamides is 1. The molecule has 37 heavy (non-hydrogen) atoms. The number of nitrogens with one attached hydrogen (secondary N) is 2. The van der Waals surface area contributed by atoms with Crippen LogP contribution in [0.25, 0.3) is 11.1 Å².